The third-order valence-corrected chi connectivity index (χ3v) is 5.07. The van der Waals surface area contributed by atoms with Crippen LogP contribution in [-0.2, 0) is 16.0 Å². The van der Waals surface area contributed by atoms with E-state index in [2.05, 4.69) is 28.5 Å². The summed E-state index contributed by atoms with van der Waals surface area (Å²) in [4.78, 5) is 17.0. The average Bonchev–Trinajstić information content (AvgIpc) is 2.69. The molecule has 2 aromatic rings. The number of hydrogen-bond acceptors (Lipinski definition) is 4. The second-order valence-electron chi connectivity index (χ2n) is 7.06. The van der Waals surface area contributed by atoms with Crippen LogP contribution in [0.25, 0.3) is 11.1 Å². The van der Waals surface area contributed by atoms with Crippen molar-refractivity contribution in [3.8, 4) is 11.1 Å². The number of carbonyl (C=O) groups excluding carboxylic acids is 1. The van der Waals surface area contributed by atoms with Crippen LogP contribution in [0.3, 0.4) is 0 Å². The lowest BCUT2D eigenvalue weighted by atomic mass is 9.74. The van der Waals surface area contributed by atoms with Gasteiger partial charge in [-0.25, -0.2) is 0 Å². The molecule has 1 aromatic heterocycles. The highest BCUT2D eigenvalue weighted by molar-refractivity contribution is 5.83. The van der Waals surface area contributed by atoms with Crippen molar-refractivity contribution >= 4 is 5.91 Å². The summed E-state index contributed by atoms with van der Waals surface area (Å²) in [5.41, 5.74) is 2.88. The minimum absolute atomic E-state index is 0.0108. The largest absolute Gasteiger partial charge is 0.394 e. The summed E-state index contributed by atoms with van der Waals surface area (Å²) in [5.74, 6) is 0.0108. The molecule has 2 heterocycles. The predicted molar refractivity (Wildman–Crippen MR) is 101 cm³/mol. The number of rotatable bonds is 6. The average molecular weight is 354 g/mol. The van der Waals surface area contributed by atoms with Gasteiger partial charge in [-0.3, -0.25) is 9.78 Å². The van der Waals surface area contributed by atoms with E-state index >= 15 is 0 Å². The van der Waals surface area contributed by atoms with Gasteiger partial charge in [0.2, 0.25) is 5.91 Å². The van der Waals surface area contributed by atoms with Gasteiger partial charge in [-0.15, -0.1) is 0 Å². The van der Waals surface area contributed by atoms with Gasteiger partial charge in [-0.05, 0) is 55.0 Å². The van der Waals surface area contributed by atoms with Crippen LogP contribution in [-0.4, -0.2) is 41.9 Å². The molecule has 0 saturated carbocycles. The molecule has 2 N–H and O–H groups in total. The first-order valence-corrected chi connectivity index (χ1v) is 9.12. The topological polar surface area (TPSA) is 71.5 Å². The van der Waals surface area contributed by atoms with Crippen LogP contribution in [0.2, 0.25) is 0 Å². The Hall–Kier alpha value is -2.24. The molecule has 1 atom stereocenters. The quantitative estimate of drug-likeness (QED) is 0.836. The van der Waals surface area contributed by atoms with Crippen molar-refractivity contribution < 1.29 is 14.6 Å². The number of amides is 1. The number of benzene rings is 1. The van der Waals surface area contributed by atoms with E-state index in [4.69, 9.17) is 4.74 Å². The van der Waals surface area contributed by atoms with Gasteiger partial charge in [0.05, 0.1) is 12.0 Å². The Balaban J connectivity index is 1.84. The van der Waals surface area contributed by atoms with Gasteiger partial charge >= 0.3 is 0 Å². The van der Waals surface area contributed by atoms with Gasteiger partial charge in [0.25, 0.3) is 0 Å². The first kappa shape index (κ1) is 18.5. The third kappa shape index (κ3) is 4.29. The number of carbonyl (C=O) groups is 1. The molecule has 5 heteroatoms. The molecule has 1 aromatic carbocycles. The van der Waals surface area contributed by atoms with Gasteiger partial charge < -0.3 is 15.2 Å². The highest BCUT2D eigenvalue weighted by Crippen LogP contribution is 2.35. The van der Waals surface area contributed by atoms with E-state index in [9.17, 15) is 9.90 Å². The molecule has 3 rings (SSSR count). The lowest BCUT2D eigenvalue weighted by Crippen LogP contribution is -2.49. The molecule has 0 spiro atoms. The SMILES string of the molecule is CC(CO)NC(=O)C1(Cc2cccc(-c3ccncc3)c2)CCOCC1. The first-order valence-electron chi connectivity index (χ1n) is 9.12. The van der Waals surface area contributed by atoms with Crippen molar-refractivity contribution in [3.63, 3.8) is 0 Å². The van der Waals surface area contributed by atoms with Crippen LogP contribution >= 0.6 is 0 Å². The van der Waals surface area contributed by atoms with Crippen LogP contribution in [0.5, 0.6) is 0 Å². The Morgan fingerprint density at radius 3 is 2.65 bits per heavy atom. The van der Waals surface area contributed by atoms with Gasteiger partial charge in [-0.1, -0.05) is 24.3 Å². The molecule has 1 aliphatic rings. The molecule has 138 valence electrons. The van der Waals surface area contributed by atoms with Crippen molar-refractivity contribution in [1.29, 1.82) is 0 Å². The lowest BCUT2D eigenvalue weighted by molar-refractivity contribution is -0.137. The molecule has 0 radical (unpaired) electrons. The van der Waals surface area contributed by atoms with E-state index in [0.29, 0.717) is 32.5 Å². The van der Waals surface area contributed by atoms with E-state index in [-0.39, 0.29) is 18.6 Å². The molecule has 1 saturated heterocycles. The minimum atomic E-state index is -0.488. The molecule has 26 heavy (non-hydrogen) atoms. The van der Waals surface area contributed by atoms with Crippen molar-refractivity contribution in [2.24, 2.45) is 5.41 Å². The Kier molecular flexibility index (Phi) is 6.01. The number of pyridine rings is 1. The third-order valence-electron chi connectivity index (χ3n) is 5.07. The van der Waals surface area contributed by atoms with Crippen molar-refractivity contribution in [1.82, 2.24) is 10.3 Å². The summed E-state index contributed by atoms with van der Waals surface area (Å²) in [5, 5.41) is 12.2. The number of aliphatic hydroxyl groups is 1. The number of ether oxygens (including phenoxy) is 1. The molecule has 0 aliphatic carbocycles. The molecule has 1 aliphatic heterocycles. The smallest absolute Gasteiger partial charge is 0.227 e. The molecular formula is C21H26N2O3. The zero-order chi connectivity index (χ0) is 18.4. The fraction of sp³-hybridized carbons (Fsp3) is 0.429. The number of aromatic nitrogens is 1. The summed E-state index contributed by atoms with van der Waals surface area (Å²) < 4.78 is 5.50. The van der Waals surface area contributed by atoms with Crippen molar-refractivity contribution in [2.45, 2.75) is 32.2 Å². The van der Waals surface area contributed by atoms with Crippen LogP contribution < -0.4 is 5.32 Å². The molecule has 1 fully saturated rings. The fourth-order valence-electron chi connectivity index (χ4n) is 3.46. The summed E-state index contributed by atoms with van der Waals surface area (Å²) in [6, 6.07) is 12.1. The maximum absolute atomic E-state index is 13.0. The van der Waals surface area contributed by atoms with Gasteiger partial charge in [-0.2, -0.15) is 0 Å². The van der Waals surface area contributed by atoms with E-state index < -0.39 is 5.41 Å². The Bertz CT molecular complexity index is 727. The standard InChI is InChI=1S/C21H26N2O3/c1-16(15-24)23-20(25)21(7-11-26-12-8-21)14-17-3-2-4-19(13-17)18-5-9-22-10-6-18/h2-6,9-10,13,16,24H,7-8,11-12,14-15H2,1H3,(H,23,25). The Labute approximate surface area is 154 Å². The van der Waals surface area contributed by atoms with Crippen molar-refractivity contribution in [3.05, 3.63) is 54.4 Å². The maximum Gasteiger partial charge on any atom is 0.227 e. The second-order valence-corrected chi connectivity index (χ2v) is 7.06. The maximum atomic E-state index is 13.0. The summed E-state index contributed by atoms with van der Waals surface area (Å²) in [6.07, 6.45) is 5.61. The molecule has 5 nitrogen and oxygen atoms in total. The second kappa shape index (κ2) is 8.43. The molecular weight excluding hydrogens is 328 g/mol. The van der Waals surface area contributed by atoms with Crippen molar-refractivity contribution in [2.75, 3.05) is 19.8 Å². The van der Waals surface area contributed by atoms with E-state index in [1.54, 1.807) is 12.4 Å². The zero-order valence-electron chi connectivity index (χ0n) is 15.1. The molecule has 0 bridgehead atoms. The minimum Gasteiger partial charge on any atom is -0.394 e. The van der Waals surface area contributed by atoms with Crippen LogP contribution in [0.15, 0.2) is 48.8 Å². The van der Waals surface area contributed by atoms with Gasteiger partial charge in [0, 0.05) is 31.6 Å². The van der Waals surface area contributed by atoms with E-state index in [1.807, 2.05) is 25.1 Å². The normalized spacial score (nSPS) is 17.5. The monoisotopic (exact) mass is 354 g/mol. The number of nitrogens with zero attached hydrogens (tertiary/aromatic N) is 1. The first-order chi connectivity index (χ1) is 12.6. The predicted octanol–water partition coefficient (Wildman–Crippen LogP) is 2.58. The Morgan fingerprint density at radius 2 is 1.96 bits per heavy atom. The van der Waals surface area contributed by atoms with Crippen LogP contribution in [0.4, 0.5) is 0 Å². The number of aliphatic hydroxyl groups excluding tert-OH is 1. The summed E-state index contributed by atoms with van der Waals surface area (Å²) in [7, 11) is 0. The molecule has 1 amide bonds. The Morgan fingerprint density at radius 1 is 1.23 bits per heavy atom. The van der Waals surface area contributed by atoms with E-state index in [1.165, 1.54) is 0 Å². The summed E-state index contributed by atoms with van der Waals surface area (Å²) >= 11 is 0. The fourth-order valence-corrected chi connectivity index (χ4v) is 3.46. The van der Waals surface area contributed by atoms with Gasteiger partial charge in [0.15, 0.2) is 0 Å². The summed E-state index contributed by atoms with van der Waals surface area (Å²) in [6.45, 7) is 2.93. The van der Waals surface area contributed by atoms with Crippen LogP contribution in [0, 0.1) is 5.41 Å². The lowest BCUT2D eigenvalue weighted by Gasteiger charge is -2.36. The highest BCUT2D eigenvalue weighted by Gasteiger charge is 2.40. The molecule has 1 unspecified atom stereocenters. The van der Waals surface area contributed by atoms with Gasteiger partial charge in [0.1, 0.15) is 0 Å². The van der Waals surface area contributed by atoms with Crippen LogP contribution in [0.1, 0.15) is 25.3 Å². The highest BCUT2D eigenvalue weighted by atomic mass is 16.5. The zero-order valence-corrected chi connectivity index (χ0v) is 15.1. The van der Waals surface area contributed by atoms with E-state index in [0.717, 1.165) is 16.7 Å². The number of nitrogens with one attached hydrogen (secondary N) is 1. The number of hydrogen-bond donors (Lipinski definition) is 2.